The van der Waals surface area contributed by atoms with Crippen molar-refractivity contribution in [1.82, 2.24) is 20.3 Å². The highest BCUT2D eigenvalue weighted by Crippen LogP contribution is 2.38. The lowest BCUT2D eigenvalue weighted by Crippen LogP contribution is -2.31. The van der Waals surface area contributed by atoms with Gasteiger partial charge >= 0.3 is 0 Å². The van der Waals surface area contributed by atoms with Gasteiger partial charge in [-0.3, -0.25) is 9.78 Å². The van der Waals surface area contributed by atoms with Gasteiger partial charge in [0.15, 0.2) is 5.82 Å². The first-order chi connectivity index (χ1) is 15.9. The number of hydrogen-bond donors (Lipinski definition) is 3. The van der Waals surface area contributed by atoms with E-state index in [1.54, 1.807) is 25.4 Å². The zero-order chi connectivity index (χ0) is 23.4. The number of benzene rings is 1. The Morgan fingerprint density at radius 2 is 2.06 bits per heavy atom. The largest absolute Gasteiger partial charge is 0.392 e. The molecule has 1 amide bonds. The molecule has 0 saturated heterocycles. The molecule has 33 heavy (non-hydrogen) atoms. The molecule has 0 radical (unpaired) electrons. The predicted octanol–water partition coefficient (Wildman–Crippen LogP) is 4.84. The number of amides is 1. The molecule has 0 bridgehead atoms. The molecule has 7 nitrogen and oxygen atoms in total. The number of carbonyl (C=O) groups is 1. The summed E-state index contributed by atoms with van der Waals surface area (Å²) in [4.78, 5) is 25.8. The lowest BCUT2D eigenvalue weighted by Gasteiger charge is -2.18. The number of aliphatic hydroxyl groups is 1. The van der Waals surface area contributed by atoms with Gasteiger partial charge in [0.05, 0.1) is 22.9 Å². The molecule has 1 fully saturated rings. The van der Waals surface area contributed by atoms with Crippen molar-refractivity contribution in [1.29, 1.82) is 0 Å². The minimum absolute atomic E-state index is 0.117. The number of aliphatic hydroxyl groups excluding tert-OH is 1. The van der Waals surface area contributed by atoms with Crippen molar-refractivity contribution < 1.29 is 14.3 Å². The third-order valence-electron chi connectivity index (χ3n) is 5.66. The van der Waals surface area contributed by atoms with Crippen LogP contribution in [0.1, 0.15) is 54.4 Å². The Balaban J connectivity index is 1.73. The van der Waals surface area contributed by atoms with E-state index in [2.05, 4.69) is 25.6 Å². The van der Waals surface area contributed by atoms with Crippen molar-refractivity contribution in [3.8, 4) is 11.4 Å². The predicted molar refractivity (Wildman–Crippen MR) is 125 cm³/mol. The lowest BCUT2D eigenvalue weighted by atomic mass is 9.99. The minimum atomic E-state index is -0.673. The van der Waals surface area contributed by atoms with E-state index in [4.69, 9.17) is 11.6 Å². The van der Waals surface area contributed by atoms with E-state index in [0.29, 0.717) is 22.1 Å². The summed E-state index contributed by atoms with van der Waals surface area (Å²) < 4.78 is 14.5. The second kappa shape index (κ2) is 10.2. The van der Waals surface area contributed by atoms with E-state index in [9.17, 15) is 14.3 Å². The summed E-state index contributed by atoms with van der Waals surface area (Å²) in [7, 11) is 0. The molecule has 1 atom stereocenters. The number of carbonyl (C=O) groups excluding carboxylic acids is 1. The third kappa shape index (κ3) is 5.46. The Labute approximate surface area is 196 Å². The third-order valence-corrected chi connectivity index (χ3v) is 5.89. The number of hydrogen-bond acceptors (Lipinski definition) is 6. The van der Waals surface area contributed by atoms with Crippen molar-refractivity contribution >= 4 is 29.0 Å². The molecule has 3 aromatic rings. The summed E-state index contributed by atoms with van der Waals surface area (Å²) in [5, 5.41) is 15.8. The van der Waals surface area contributed by atoms with Crippen molar-refractivity contribution in [2.24, 2.45) is 0 Å². The van der Waals surface area contributed by atoms with Gasteiger partial charge in [-0.1, -0.05) is 24.4 Å². The first kappa shape index (κ1) is 23.1. The van der Waals surface area contributed by atoms with E-state index >= 15 is 0 Å². The summed E-state index contributed by atoms with van der Waals surface area (Å²) in [5.41, 5.74) is 1.94. The maximum atomic E-state index is 14.5. The van der Waals surface area contributed by atoms with Gasteiger partial charge in [-0.15, -0.1) is 0 Å². The standard InChI is InChI=1S/C24H25ClFN5O2/c1-14(32)11-29-24(33)19-12-27-9-8-21(19)30-23-18(15-4-2-3-5-15)13-28-22(31-23)17-10-16(25)6-7-20(17)26/h6-10,12-15,32H,2-5,11H2,1H3,(H,29,33)(H,27,28,30,31)/t14-/m0/s1. The quantitative estimate of drug-likeness (QED) is 0.457. The van der Waals surface area contributed by atoms with Crippen molar-refractivity contribution in [2.45, 2.75) is 44.6 Å². The smallest absolute Gasteiger partial charge is 0.255 e. The number of rotatable bonds is 7. The second-order valence-corrected chi connectivity index (χ2v) is 8.64. The molecule has 1 aromatic carbocycles. The monoisotopic (exact) mass is 469 g/mol. The van der Waals surface area contributed by atoms with Crippen LogP contribution in [0.4, 0.5) is 15.9 Å². The lowest BCUT2D eigenvalue weighted by molar-refractivity contribution is 0.0924. The Morgan fingerprint density at radius 1 is 1.27 bits per heavy atom. The average molecular weight is 470 g/mol. The van der Waals surface area contributed by atoms with Gasteiger partial charge in [-0.25, -0.2) is 14.4 Å². The number of halogens is 2. The van der Waals surface area contributed by atoms with E-state index in [0.717, 1.165) is 31.2 Å². The van der Waals surface area contributed by atoms with Crippen LogP contribution >= 0.6 is 11.6 Å². The topological polar surface area (TPSA) is 100 Å². The van der Waals surface area contributed by atoms with Crippen LogP contribution in [0.3, 0.4) is 0 Å². The molecule has 0 aliphatic heterocycles. The van der Waals surface area contributed by atoms with Crippen LogP contribution in [0, 0.1) is 5.82 Å². The van der Waals surface area contributed by atoms with Crippen LogP contribution in [0.25, 0.3) is 11.4 Å². The van der Waals surface area contributed by atoms with Gasteiger partial charge in [-0.05, 0) is 49.9 Å². The fraction of sp³-hybridized carbons (Fsp3) is 0.333. The molecular weight excluding hydrogens is 445 g/mol. The normalized spacial score (nSPS) is 14.8. The van der Waals surface area contributed by atoms with Gasteiger partial charge in [0, 0.05) is 35.7 Å². The minimum Gasteiger partial charge on any atom is -0.392 e. The Morgan fingerprint density at radius 3 is 2.82 bits per heavy atom. The zero-order valence-corrected chi connectivity index (χ0v) is 18.9. The maximum Gasteiger partial charge on any atom is 0.255 e. The summed E-state index contributed by atoms with van der Waals surface area (Å²) >= 11 is 6.07. The van der Waals surface area contributed by atoms with Crippen LogP contribution < -0.4 is 10.6 Å². The fourth-order valence-corrected chi connectivity index (χ4v) is 4.15. The highest BCUT2D eigenvalue weighted by molar-refractivity contribution is 6.30. The first-order valence-corrected chi connectivity index (χ1v) is 11.3. The molecule has 2 heterocycles. The number of nitrogens with one attached hydrogen (secondary N) is 2. The SMILES string of the molecule is C[C@H](O)CNC(=O)c1cnccc1Nc1nc(-c2cc(Cl)ccc2F)ncc1C1CCCC1. The van der Waals surface area contributed by atoms with Crippen LogP contribution in [0.5, 0.6) is 0 Å². The number of pyridine rings is 1. The number of aromatic nitrogens is 3. The molecule has 9 heteroatoms. The molecule has 1 saturated carbocycles. The van der Waals surface area contributed by atoms with E-state index in [-0.39, 0.29) is 29.8 Å². The van der Waals surface area contributed by atoms with E-state index in [1.165, 1.54) is 24.4 Å². The highest BCUT2D eigenvalue weighted by atomic mass is 35.5. The molecule has 0 unspecified atom stereocenters. The molecule has 3 N–H and O–H groups in total. The summed E-state index contributed by atoms with van der Waals surface area (Å²) in [5.74, 6) is 0.153. The average Bonchev–Trinajstić information content (AvgIpc) is 3.34. The molecule has 2 aromatic heterocycles. The zero-order valence-electron chi connectivity index (χ0n) is 18.2. The molecular formula is C24H25ClFN5O2. The summed E-state index contributed by atoms with van der Waals surface area (Å²) in [6.45, 7) is 1.71. The Hall–Kier alpha value is -3.10. The Kier molecular flexibility index (Phi) is 7.15. The van der Waals surface area contributed by atoms with Gasteiger partial charge in [0.2, 0.25) is 0 Å². The summed E-state index contributed by atoms with van der Waals surface area (Å²) in [6.07, 6.45) is 8.36. The van der Waals surface area contributed by atoms with Crippen LogP contribution in [0.15, 0.2) is 42.9 Å². The van der Waals surface area contributed by atoms with Crippen LogP contribution in [0.2, 0.25) is 5.02 Å². The van der Waals surface area contributed by atoms with Crippen molar-refractivity contribution in [3.63, 3.8) is 0 Å². The molecule has 1 aliphatic carbocycles. The van der Waals surface area contributed by atoms with Crippen molar-refractivity contribution in [3.05, 3.63) is 64.8 Å². The van der Waals surface area contributed by atoms with Crippen LogP contribution in [-0.4, -0.2) is 38.6 Å². The Bertz CT molecular complexity index is 1150. The number of nitrogens with zero attached hydrogens (tertiary/aromatic N) is 3. The van der Waals surface area contributed by atoms with Gasteiger partial charge in [0.25, 0.3) is 5.91 Å². The molecule has 4 rings (SSSR count). The first-order valence-electron chi connectivity index (χ1n) is 10.9. The maximum absolute atomic E-state index is 14.5. The van der Waals surface area contributed by atoms with E-state index < -0.39 is 11.9 Å². The van der Waals surface area contributed by atoms with Crippen molar-refractivity contribution in [2.75, 3.05) is 11.9 Å². The summed E-state index contributed by atoms with van der Waals surface area (Å²) in [6, 6.07) is 5.93. The fourth-order valence-electron chi connectivity index (χ4n) is 3.97. The second-order valence-electron chi connectivity index (χ2n) is 8.21. The molecule has 1 aliphatic rings. The van der Waals surface area contributed by atoms with Crippen LogP contribution in [-0.2, 0) is 0 Å². The van der Waals surface area contributed by atoms with Gasteiger partial charge < -0.3 is 15.7 Å². The number of anilines is 2. The van der Waals surface area contributed by atoms with Gasteiger partial charge in [-0.2, -0.15) is 0 Å². The molecule has 172 valence electrons. The molecule has 0 spiro atoms. The van der Waals surface area contributed by atoms with Gasteiger partial charge in [0.1, 0.15) is 11.6 Å². The van der Waals surface area contributed by atoms with E-state index in [1.807, 2.05) is 0 Å². The highest BCUT2D eigenvalue weighted by Gasteiger charge is 2.24.